The number of carboxylic acid groups (broad SMARTS) is 2. The third-order valence-corrected chi connectivity index (χ3v) is 5.44. The second-order valence-electron chi connectivity index (χ2n) is 5.82. The smallest absolute Gasteiger partial charge is 0.337 e. The number of halogens is 2. The number of nitrogens with zero attached hydrogens (tertiary/aromatic N) is 1. The second-order valence-corrected chi connectivity index (χ2v) is 7.12. The summed E-state index contributed by atoms with van der Waals surface area (Å²) in [5.74, 6) is -3.13. The van der Waals surface area contributed by atoms with Crippen LogP contribution < -0.4 is 0 Å². The second kappa shape index (κ2) is 7.09. The summed E-state index contributed by atoms with van der Waals surface area (Å²) < 4.78 is 13.5. The summed E-state index contributed by atoms with van der Waals surface area (Å²) in [6, 6.07) is 3.65. The van der Waals surface area contributed by atoms with E-state index < -0.39 is 17.8 Å². The largest absolute Gasteiger partial charge is 0.478 e. The van der Waals surface area contributed by atoms with E-state index in [0.29, 0.717) is 16.7 Å². The zero-order chi connectivity index (χ0) is 19.9. The van der Waals surface area contributed by atoms with Gasteiger partial charge in [0.05, 0.1) is 16.1 Å². The van der Waals surface area contributed by atoms with Gasteiger partial charge < -0.3 is 10.2 Å². The summed E-state index contributed by atoms with van der Waals surface area (Å²) in [4.78, 5) is 28.2. The maximum Gasteiger partial charge on any atom is 0.337 e. The minimum atomic E-state index is -1.32. The molecule has 0 bridgehead atoms. The van der Waals surface area contributed by atoms with Gasteiger partial charge in [-0.3, -0.25) is 0 Å². The Morgan fingerprint density at radius 2 is 1.74 bits per heavy atom. The highest BCUT2D eigenvalue weighted by Crippen LogP contribution is 2.43. The van der Waals surface area contributed by atoms with Crippen LogP contribution in [0.15, 0.2) is 29.8 Å². The van der Waals surface area contributed by atoms with Crippen molar-refractivity contribution in [2.24, 2.45) is 0 Å². The lowest BCUT2D eigenvalue weighted by Gasteiger charge is -2.20. The van der Waals surface area contributed by atoms with Crippen molar-refractivity contribution in [2.45, 2.75) is 13.8 Å². The Morgan fingerprint density at radius 3 is 2.26 bits per heavy atom. The van der Waals surface area contributed by atoms with Gasteiger partial charge in [0.2, 0.25) is 0 Å². The molecule has 3 aromatic rings. The lowest BCUT2D eigenvalue weighted by molar-refractivity contribution is 0.0695. The fourth-order valence-electron chi connectivity index (χ4n) is 3.07. The summed E-state index contributed by atoms with van der Waals surface area (Å²) in [7, 11) is 0. The summed E-state index contributed by atoms with van der Waals surface area (Å²) in [5, 5.41) is 21.6. The Labute approximate surface area is 162 Å². The van der Waals surface area contributed by atoms with Gasteiger partial charge in [-0.2, -0.15) is 0 Å². The van der Waals surface area contributed by atoms with E-state index in [1.54, 1.807) is 19.2 Å². The molecule has 2 aromatic carbocycles. The van der Waals surface area contributed by atoms with Crippen molar-refractivity contribution in [1.29, 1.82) is 0 Å². The van der Waals surface area contributed by atoms with Crippen molar-refractivity contribution >= 4 is 34.9 Å². The normalized spacial score (nSPS) is 10.8. The van der Waals surface area contributed by atoms with E-state index in [0.717, 1.165) is 17.4 Å². The Hall–Kier alpha value is -2.77. The molecule has 138 valence electrons. The van der Waals surface area contributed by atoms with Crippen LogP contribution in [0.2, 0.25) is 5.02 Å². The maximum atomic E-state index is 13.5. The zero-order valence-corrected chi connectivity index (χ0v) is 15.8. The third kappa shape index (κ3) is 3.20. The predicted molar refractivity (Wildman–Crippen MR) is 101 cm³/mol. The molecule has 8 heteroatoms. The Balaban J connectivity index is 2.55. The average molecular weight is 406 g/mol. The van der Waals surface area contributed by atoms with Crippen molar-refractivity contribution in [3.8, 4) is 21.7 Å². The first kappa shape index (κ1) is 19.0. The number of benzene rings is 2. The van der Waals surface area contributed by atoms with E-state index in [9.17, 15) is 24.2 Å². The van der Waals surface area contributed by atoms with Crippen LogP contribution >= 0.6 is 22.9 Å². The van der Waals surface area contributed by atoms with Crippen molar-refractivity contribution in [3.05, 3.63) is 62.9 Å². The Bertz CT molecular complexity index is 1080. The molecule has 3 rings (SSSR count). The van der Waals surface area contributed by atoms with Crippen LogP contribution in [-0.4, -0.2) is 27.1 Å². The number of carbonyl (C=O) groups is 2. The molecule has 0 amide bonds. The number of hydrogen-bond acceptors (Lipinski definition) is 4. The summed E-state index contributed by atoms with van der Waals surface area (Å²) in [6.07, 6.45) is 1.47. The van der Waals surface area contributed by atoms with Crippen LogP contribution in [0.5, 0.6) is 0 Å². The van der Waals surface area contributed by atoms with E-state index >= 15 is 0 Å². The first-order valence-electron chi connectivity index (χ1n) is 7.73. The van der Waals surface area contributed by atoms with E-state index in [-0.39, 0.29) is 32.3 Å². The van der Waals surface area contributed by atoms with Gasteiger partial charge in [-0.1, -0.05) is 11.6 Å². The van der Waals surface area contributed by atoms with E-state index in [1.807, 2.05) is 0 Å². The van der Waals surface area contributed by atoms with Crippen LogP contribution in [0.1, 0.15) is 31.8 Å². The van der Waals surface area contributed by atoms with Crippen LogP contribution in [0.25, 0.3) is 21.7 Å². The fraction of sp³-hybridized carbons (Fsp3) is 0.105. The van der Waals surface area contributed by atoms with Gasteiger partial charge in [0.1, 0.15) is 10.8 Å². The molecule has 0 saturated heterocycles. The van der Waals surface area contributed by atoms with Crippen LogP contribution in [0.4, 0.5) is 4.39 Å². The molecule has 0 aliphatic carbocycles. The number of thiazole rings is 1. The van der Waals surface area contributed by atoms with Gasteiger partial charge >= 0.3 is 11.9 Å². The summed E-state index contributed by atoms with van der Waals surface area (Å²) >= 11 is 7.32. The minimum Gasteiger partial charge on any atom is -0.478 e. The molecule has 5 nitrogen and oxygen atoms in total. The fourth-order valence-corrected chi connectivity index (χ4v) is 4.03. The molecule has 1 aromatic heterocycles. The maximum absolute atomic E-state index is 13.5. The molecule has 0 fully saturated rings. The Morgan fingerprint density at radius 1 is 1.07 bits per heavy atom. The average Bonchev–Trinajstić information content (AvgIpc) is 3.11. The number of hydrogen-bond donors (Lipinski definition) is 2. The van der Waals surface area contributed by atoms with Gasteiger partial charge in [-0.05, 0) is 43.2 Å². The van der Waals surface area contributed by atoms with Gasteiger partial charge in [0, 0.05) is 28.3 Å². The van der Waals surface area contributed by atoms with E-state index in [2.05, 4.69) is 4.98 Å². The van der Waals surface area contributed by atoms with E-state index in [4.69, 9.17) is 11.6 Å². The topological polar surface area (TPSA) is 87.5 Å². The molecule has 0 atom stereocenters. The van der Waals surface area contributed by atoms with Crippen molar-refractivity contribution in [2.75, 3.05) is 0 Å². The zero-order valence-electron chi connectivity index (χ0n) is 14.2. The monoisotopic (exact) mass is 405 g/mol. The molecular formula is C19H13ClFNO4S. The lowest BCUT2D eigenvalue weighted by atomic mass is 9.84. The number of aromatic nitrogens is 1. The molecule has 0 saturated carbocycles. The molecule has 0 spiro atoms. The molecule has 0 radical (unpaired) electrons. The molecule has 0 aliphatic heterocycles. The standard InChI is InChI=1S/C19H13ClFNO4S/c1-8-9(2)14(18(23)24)15(17-22-5-6-27-17)16(19(25)26)13(8)11-4-3-10(21)7-12(11)20/h3-7H,1-2H3,(H,23,24)(H,25,26). The highest BCUT2D eigenvalue weighted by atomic mass is 35.5. The SMILES string of the molecule is Cc1c(C)c(-c2ccc(F)cc2Cl)c(C(=O)O)c(-c2nccs2)c1C(=O)O. The number of aromatic carboxylic acids is 2. The molecule has 27 heavy (non-hydrogen) atoms. The third-order valence-electron chi connectivity index (χ3n) is 4.34. The Kier molecular flexibility index (Phi) is 4.99. The lowest BCUT2D eigenvalue weighted by Crippen LogP contribution is -2.13. The molecule has 0 aliphatic rings. The molecule has 0 unspecified atom stereocenters. The highest BCUT2D eigenvalue weighted by Gasteiger charge is 2.30. The minimum absolute atomic E-state index is 0.0171. The first-order chi connectivity index (χ1) is 12.7. The summed E-state index contributed by atoms with van der Waals surface area (Å²) in [5.41, 5.74) is 1.07. The van der Waals surface area contributed by atoms with Crippen molar-refractivity contribution in [3.63, 3.8) is 0 Å². The van der Waals surface area contributed by atoms with E-state index in [1.165, 1.54) is 18.3 Å². The van der Waals surface area contributed by atoms with Gasteiger partial charge in [-0.15, -0.1) is 11.3 Å². The quantitative estimate of drug-likeness (QED) is 0.616. The van der Waals surface area contributed by atoms with Crippen molar-refractivity contribution < 1.29 is 24.2 Å². The predicted octanol–water partition coefficient (Wildman–Crippen LogP) is 5.28. The number of carboxylic acids is 2. The van der Waals surface area contributed by atoms with Crippen LogP contribution in [-0.2, 0) is 0 Å². The van der Waals surface area contributed by atoms with Crippen molar-refractivity contribution in [1.82, 2.24) is 4.98 Å². The summed E-state index contributed by atoms with van der Waals surface area (Å²) in [6.45, 7) is 3.22. The van der Waals surface area contributed by atoms with Crippen LogP contribution in [0, 0.1) is 19.7 Å². The first-order valence-corrected chi connectivity index (χ1v) is 8.98. The molecular weight excluding hydrogens is 393 g/mol. The number of rotatable bonds is 4. The van der Waals surface area contributed by atoms with Gasteiger partial charge in [0.25, 0.3) is 0 Å². The molecule has 2 N–H and O–H groups in total. The van der Waals surface area contributed by atoms with Crippen LogP contribution in [0.3, 0.4) is 0 Å². The van der Waals surface area contributed by atoms with Gasteiger partial charge in [0.15, 0.2) is 0 Å². The molecule has 1 heterocycles. The van der Waals surface area contributed by atoms with Gasteiger partial charge in [-0.25, -0.2) is 19.0 Å². The highest BCUT2D eigenvalue weighted by molar-refractivity contribution is 7.13.